The van der Waals surface area contributed by atoms with Crippen molar-refractivity contribution in [3.63, 3.8) is 0 Å². The second kappa shape index (κ2) is 8.61. The van der Waals surface area contributed by atoms with Gasteiger partial charge in [0.05, 0.1) is 13.2 Å². The summed E-state index contributed by atoms with van der Waals surface area (Å²) in [6, 6.07) is 7.50. The zero-order valence-electron chi connectivity index (χ0n) is 12.1. The Morgan fingerprint density at radius 1 is 1.38 bits per heavy atom. The van der Waals surface area contributed by atoms with E-state index in [1.54, 1.807) is 6.07 Å². The average molecular weight is 294 g/mol. The number of hydrogen-bond acceptors (Lipinski definition) is 5. The van der Waals surface area contributed by atoms with Gasteiger partial charge in [0, 0.05) is 32.7 Å². The van der Waals surface area contributed by atoms with Crippen molar-refractivity contribution in [2.45, 2.75) is 6.54 Å². The Labute approximate surface area is 124 Å². The van der Waals surface area contributed by atoms with Crippen LogP contribution in [0.3, 0.4) is 0 Å². The number of carbonyl (C=O) groups is 1. The molecule has 2 rings (SSSR count). The van der Waals surface area contributed by atoms with Gasteiger partial charge in [0.1, 0.15) is 5.75 Å². The van der Waals surface area contributed by atoms with Crippen LogP contribution in [0.4, 0.5) is 0 Å². The normalized spacial score (nSPS) is 15.8. The number of benzene rings is 1. The Balaban J connectivity index is 1.67. The summed E-state index contributed by atoms with van der Waals surface area (Å²) in [6.07, 6.45) is 0. The van der Waals surface area contributed by atoms with E-state index in [-0.39, 0.29) is 6.61 Å². The van der Waals surface area contributed by atoms with E-state index in [0.29, 0.717) is 5.75 Å². The highest BCUT2D eigenvalue weighted by atomic mass is 16.5. The Hall–Kier alpha value is -1.63. The van der Waals surface area contributed by atoms with Gasteiger partial charge < -0.3 is 19.9 Å². The molecule has 0 radical (unpaired) electrons. The second-order valence-electron chi connectivity index (χ2n) is 4.96. The first kappa shape index (κ1) is 15.8. The summed E-state index contributed by atoms with van der Waals surface area (Å²) in [5.41, 5.74) is 1.08. The second-order valence-corrected chi connectivity index (χ2v) is 4.96. The van der Waals surface area contributed by atoms with Gasteiger partial charge in [-0.1, -0.05) is 12.1 Å². The number of morpholine rings is 1. The lowest BCUT2D eigenvalue weighted by Crippen LogP contribution is -2.40. The molecule has 0 unspecified atom stereocenters. The Kier molecular flexibility index (Phi) is 6.46. The van der Waals surface area contributed by atoms with Crippen LogP contribution in [0.2, 0.25) is 0 Å². The standard InChI is InChI=1S/C15H22N2O4/c18-15(19)12-21-14-3-1-2-13(10-14)11-16-4-5-17-6-8-20-9-7-17/h1-3,10,16H,4-9,11-12H2,(H,18,19). The molecule has 0 aliphatic carbocycles. The fourth-order valence-electron chi connectivity index (χ4n) is 2.18. The molecular formula is C15H22N2O4. The number of nitrogens with one attached hydrogen (secondary N) is 1. The molecule has 1 aromatic rings. The van der Waals surface area contributed by atoms with Crippen molar-refractivity contribution in [2.75, 3.05) is 46.0 Å². The topological polar surface area (TPSA) is 71.0 Å². The quantitative estimate of drug-likeness (QED) is 0.683. The predicted octanol–water partition coefficient (Wildman–Crippen LogP) is 0.572. The monoisotopic (exact) mass is 294 g/mol. The van der Waals surface area contributed by atoms with Crippen molar-refractivity contribution in [1.29, 1.82) is 0 Å². The summed E-state index contributed by atoms with van der Waals surface area (Å²) in [5.74, 6) is -0.381. The Bertz CT molecular complexity index is 447. The number of ether oxygens (including phenoxy) is 2. The number of aliphatic carboxylic acids is 1. The highest BCUT2D eigenvalue weighted by molar-refractivity contribution is 5.68. The first-order valence-corrected chi connectivity index (χ1v) is 7.18. The number of rotatable bonds is 8. The van der Waals surface area contributed by atoms with Gasteiger partial charge in [-0.2, -0.15) is 0 Å². The lowest BCUT2D eigenvalue weighted by molar-refractivity contribution is -0.139. The molecule has 6 heteroatoms. The van der Waals surface area contributed by atoms with Gasteiger partial charge in [0.15, 0.2) is 6.61 Å². The number of hydrogen-bond donors (Lipinski definition) is 2. The predicted molar refractivity (Wildman–Crippen MR) is 78.5 cm³/mol. The van der Waals surface area contributed by atoms with E-state index in [2.05, 4.69) is 10.2 Å². The summed E-state index contributed by atoms with van der Waals surface area (Å²) in [4.78, 5) is 12.8. The number of carboxylic acids is 1. The van der Waals surface area contributed by atoms with Crippen molar-refractivity contribution >= 4 is 5.97 Å². The van der Waals surface area contributed by atoms with Crippen molar-refractivity contribution in [1.82, 2.24) is 10.2 Å². The third-order valence-electron chi connectivity index (χ3n) is 3.30. The van der Waals surface area contributed by atoms with E-state index in [1.165, 1.54) is 0 Å². The smallest absolute Gasteiger partial charge is 0.341 e. The van der Waals surface area contributed by atoms with Crippen molar-refractivity contribution < 1.29 is 19.4 Å². The van der Waals surface area contributed by atoms with Crippen LogP contribution >= 0.6 is 0 Å². The summed E-state index contributed by atoms with van der Waals surface area (Å²) < 4.78 is 10.5. The van der Waals surface area contributed by atoms with Gasteiger partial charge in [-0.25, -0.2) is 4.79 Å². The van der Waals surface area contributed by atoms with Gasteiger partial charge >= 0.3 is 5.97 Å². The van der Waals surface area contributed by atoms with Crippen molar-refractivity contribution in [3.05, 3.63) is 29.8 Å². The first-order chi connectivity index (χ1) is 10.2. The minimum absolute atomic E-state index is 0.312. The molecule has 0 amide bonds. The van der Waals surface area contributed by atoms with Crippen LogP contribution < -0.4 is 10.1 Å². The molecule has 1 heterocycles. The van der Waals surface area contributed by atoms with Gasteiger partial charge in [0.2, 0.25) is 0 Å². The van der Waals surface area contributed by atoms with Gasteiger partial charge in [-0.3, -0.25) is 4.90 Å². The van der Waals surface area contributed by atoms with Crippen molar-refractivity contribution in [3.8, 4) is 5.75 Å². The summed E-state index contributed by atoms with van der Waals surface area (Å²) in [6.45, 7) is 6.01. The Morgan fingerprint density at radius 3 is 2.95 bits per heavy atom. The van der Waals surface area contributed by atoms with Crippen molar-refractivity contribution in [2.24, 2.45) is 0 Å². The maximum atomic E-state index is 10.5. The van der Waals surface area contributed by atoms with E-state index in [4.69, 9.17) is 14.6 Å². The van der Waals surface area contributed by atoms with Crippen LogP contribution in [0.1, 0.15) is 5.56 Å². The molecular weight excluding hydrogens is 272 g/mol. The number of carboxylic acid groups (broad SMARTS) is 1. The van der Waals surface area contributed by atoms with E-state index >= 15 is 0 Å². The molecule has 0 atom stereocenters. The van der Waals surface area contributed by atoms with Crippen LogP contribution in [0.5, 0.6) is 5.75 Å². The van der Waals surface area contributed by atoms with E-state index in [1.807, 2.05) is 18.2 Å². The van der Waals surface area contributed by atoms with Gasteiger partial charge in [-0.15, -0.1) is 0 Å². The third kappa shape index (κ3) is 6.12. The van der Waals surface area contributed by atoms with E-state index < -0.39 is 5.97 Å². The summed E-state index contributed by atoms with van der Waals surface area (Å²) in [5, 5.41) is 12.0. The van der Waals surface area contributed by atoms with Crippen LogP contribution in [0.25, 0.3) is 0 Å². The fraction of sp³-hybridized carbons (Fsp3) is 0.533. The molecule has 0 bridgehead atoms. The zero-order chi connectivity index (χ0) is 14.9. The largest absolute Gasteiger partial charge is 0.482 e. The molecule has 1 fully saturated rings. The number of nitrogens with zero attached hydrogens (tertiary/aromatic N) is 1. The minimum atomic E-state index is -0.968. The summed E-state index contributed by atoms with van der Waals surface area (Å²) in [7, 11) is 0. The van der Waals surface area contributed by atoms with Gasteiger partial charge in [0.25, 0.3) is 0 Å². The molecule has 1 aromatic carbocycles. The van der Waals surface area contributed by atoms with Crippen LogP contribution in [0, 0.1) is 0 Å². The first-order valence-electron chi connectivity index (χ1n) is 7.18. The molecule has 0 spiro atoms. The maximum absolute atomic E-state index is 10.5. The molecule has 116 valence electrons. The van der Waals surface area contributed by atoms with Gasteiger partial charge in [-0.05, 0) is 17.7 Å². The highest BCUT2D eigenvalue weighted by Crippen LogP contribution is 2.13. The Morgan fingerprint density at radius 2 is 2.19 bits per heavy atom. The molecule has 0 aromatic heterocycles. The van der Waals surface area contributed by atoms with E-state index in [9.17, 15) is 4.79 Å². The van der Waals surface area contributed by atoms with Crippen LogP contribution in [-0.4, -0.2) is 62.0 Å². The molecule has 1 aliphatic heterocycles. The molecule has 2 N–H and O–H groups in total. The summed E-state index contributed by atoms with van der Waals surface area (Å²) >= 11 is 0. The minimum Gasteiger partial charge on any atom is -0.482 e. The maximum Gasteiger partial charge on any atom is 0.341 e. The van der Waals surface area contributed by atoms with E-state index in [0.717, 1.165) is 51.5 Å². The molecule has 1 saturated heterocycles. The lowest BCUT2D eigenvalue weighted by Gasteiger charge is -2.26. The molecule has 1 aliphatic rings. The lowest BCUT2D eigenvalue weighted by atomic mass is 10.2. The molecule has 21 heavy (non-hydrogen) atoms. The fourth-order valence-corrected chi connectivity index (χ4v) is 2.18. The van der Waals surface area contributed by atoms with Crippen LogP contribution in [0.15, 0.2) is 24.3 Å². The molecule has 0 saturated carbocycles. The average Bonchev–Trinajstić information content (AvgIpc) is 2.51. The molecule has 6 nitrogen and oxygen atoms in total. The SMILES string of the molecule is O=C(O)COc1cccc(CNCCN2CCOCC2)c1. The van der Waals surface area contributed by atoms with Crippen LogP contribution in [-0.2, 0) is 16.1 Å². The third-order valence-corrected chi connectivity index (χ3v) is 3.30. The zero-order valence-corrected chi connectivity index (χ0v) is 12.1. The highest BCUT2D eigenvalue weighted by Gasteiger charge is 2.09.